The molecule has 0 saturated heterocycles. The average molecular weight is 129 g/mol. The minimum atomic E-state index is -0.235. The van der Waals surface area contributed by atoms with Gasteiger partial charge in [-0.05, 0) is 12.2 Å². The van der Waals surface area contributed by atoms with E-state index in [1.54, 1.807) is 0 Å². The first kappa shape index (κ1) is 5.24. The Morgan fingerprint density at radius 1 is 1.75 bits per heavy atom. The molecule has 0 spiro atoms. The van der Waals surface area contributed by atoms with E-state index in [2.05, 4.69) is 21.6 Å². The van der Waals surface area contributed by atoms with Crippen molar-refractivity contribution in [3.05, 3.63) is 27.5 Å². The van der Waals surface area contributed by atoms with Crippen LogP contribution in [0.3, 0.4) is 0 Å². The summed E-state index contributed by atoms with van der Waals surface area (Å²) in [6.07, 6.45) is 1.25. The largest absolute Gasteiger partial charge is 0.439 e. The topological polar surface area (TPSA) is 46.0 Å². The van der Waals surface area contributed by atoms with Crippen LogP contribution in [-0.4, -0.2) is 4.98 Å². The van der Waals surface area contributed by atoms with Crippen LogP contribution in [0.1, 0.15) is 0 Å². The first-order chi connectivity index (χ1) is 3.79. The molecule has 1 aromatic heterocycles. The molecule has 1 aromatic rings. The molecule has 0 aliphatic rings. The summed E-state index contributed by atoms with van der Waals surface area (Å²) in [5, 5.41) is 0. The molecular formula is C4H3NO2S. The van der Waals surface area contributed by atoms with E-state index in [0.29, 0.717) is 0 Å². The smallest absolute Gasteiger partial charge is 0.268 e. The van der Waals surface area contributed by atoms with Gasteiger partial charge < -0.3 is 4.42 Å². The fourth-order valence-corrected chi connectivity index (χ4v) is 0.485. The van der Waals surface area contributed by atoms with Crippen molar-refractivity contribution >= 4 is 12.2 Å². The van der Waals surface area contributed by atoms with Gasteiger partial charge in [-0.15, -0.1) is 0 Å². The fourth-order valence-electron chi connectivity index (χ4n) is 0.329. The Kier molecular flexibility index (Phi) is 1.26. The van der Waals surface area contributed by atoms with E-state index in [9.17, 15) is 4.79 Å². The Bertz CT molecular complexity index is 248. The summed E-state index contributed by atoms with van der Waals surface area (Å²) in [5.41, 5.74) is -0.235. The third kappa shape index (κ3) is 1.04. The maximum absolute atomic E-state index is 10.3. The molecule has 0 fully saturated rings. The number of aromatic amines is 1. The maximum atomic E-state index is 10.3. The third-order valence-electron chi connectivity index (χ3n) is 0.620. The lowest BCUT2D eigenvalue weighted by atomic mass is 10.7. The van der Waals surface area contributed by atoms with Crippen molar-refractivity contribution in [2.75, 3.05) is 0 Å². The van der Waals surface area contributed by atoms with Crippen LogP contribution in [0.15, 0.2) is 21.5 Å². The molecule has 1 rings (SSSR count). The van der Waals surface area contributed by atoms with E-state index in [1.807, 2.05) is 0 Å². The van der Waals surface area contributed by atoms with Crippen molar-refractivity contribution in [3.8, 4) is 0 Å². The Hall–Kier alpha value is -0.900. The molecule has 0 unspecified atom stereocenters. The number of hydrogen-bond donors (Lipinski definition) is 1. The third-order valence-corrected chi connectivity index (χ3v) is 0.818. The van der Waals surface area contributed by atoms with Gasteiger partial charge >= 0.3 is 0 Å². The fraction of sp³-hybridized carbons (Fsp3) is 0. The number of hydrogen-bond acceptors (Lipinski definition) is 3. The highest BCUT2D eigenvalue weighted by atomic mass is 32.1. The summed E-state index contributed by atoms with van der Waals surface area (Å²) in [4.78, 5) is 12.7. The lowest BCUT2D eigenvalue weighted by molar-refractivity contribution is 0.506. The molecule has 0 saturated carbocycles. The van der Waals surface area contributed by atoms with Crippen LogP contribution in [-0.2, 0) is 0 Å². The molecule has 0 aliphatic heterocycles. The Balaban J connectivity index is 3.50. The molecule has 1 N–H and O–H groups in total. The van der Waals surface area contributed by atoms with Gasteiger partial charge in [0, 0.05) is 6.07 Å². The van der Waals surface area contributed by atoms with E-state index in [1.165, 1.54) is 12.3 Å². The van der Waals surface area contributed by atoms with Gasteiger partial charge in [0.15, 0.2) is 0 Å². The molecular weight excluding hydrogens is 126 g/mol. The highest BCUT2D eigenvalue weighted by Crippen LogP contribution is 1.75. The van der Waals surface area contributed by atoms with Gasteiger partial charge in [0.25, 0.3) is 10.4 Å². The van der Waals surface area contributed by atoms with E-state index >= 15 is 0 Å². The predicted molar refractivity (Wildman–Crippen MR) is 30.2 cm³/mol. The van der Waals surface area contributed by atoms with Crippen molar-refractivity contribution in [3.63, 3.8) is 0 Å². The minimum absolute atomic E-state index is 0.109. The second kappa shape index (κ2) is 1.92. The lowest BCUT2D eigenvalue weighted by Gasteiger charge is -1.77. The highest BCUT2D eigenvalue weighted by Gasteiger charge is 1.77. The Morgan fingerprint density at radius 3 is 2.88 bits per heavy atom. The summed E-state index contributed by atoms with van der Waals surface area (Å²) in [6, 6.07) is 1.26. The molecule has 0 atom stereocenters. The average Bonchev–Trinajstić information content (AvgIpc) is 1.64. The lowest BCUT2D eigenvalue weighted by Crippen LogP contribution is -2.00. The summed E-state index contributed by atoms with van der Waals surface area (Å²) in [6.45, 7) is 0. The van der Waals surface area contributed by atoms with Gasteiger partial charge in [0.1, 0.15) is 0 Å². The van der Waals surface area contributed by atoms with E-state index in [4.69, 9.17) is 0 Å². The number of aromatic nitrogens is 1. The van der Waals surface area contributed by atoms with Crippen LogP contribution in [0, 0.1) is 4.84 Å². The maximum Gasteiger partial charge on any atom is 0.268 e. The Labute approximate surface area is 50.0 Å². The number of H-pyrrole nitrogens is 1. The zero-order valence-corrected chi connectivity index (χ0v) is 4.70. The molecule has 1 heterocycles. The van der Waals surface area contributed by atoms with Crippen LogP contribution in [0.2, 0.25) is 0 Å². The van der Waals surface area contributed by atoms with Crippen LogP contribution in [0.5, 0.6) is 0 Å². The van der Waals surface area contributed by atoms with Crippen LogP contribution in [0.25, 0.3) is 0 Å². The van der Waals surface area contributed by atoms with Gasteiger partial charge in [0.05, 0.1) is 6.26 Å². The number of nitrogens with one attached hydrogen (secondary N) is 1. The number of rotatable bonds is 0. The quantitative estimate of drug-likeness (QED) is 0.524. The summed E-state index contributed by atoms with van der Waals surface area (Å²) in [7, 11) is 0. The van der Waals surface area contributed by atoms with E-state index < -0.39 is 0 Å². The van der Waals surface area contributed by atoms with Crippen molar-refractivity contribution in [2.45, 2.75) is 0 Å². The monoisotopic (exact) mass is 129 g/mol. The van der Waals surface area contributed by atoms with E-state index in [0.717, 1.165) is 0 Å². The Morgan fingerprint density at radius 2 is 2.50 bits per heavy atom. The summed E-state index contributed by atoms with van der Waals surface area (Å²) >= 11 is 4.48. The molecule has 3 nitrogen and oxygen atoms in total. The predicted octanol–water partition coefficient (Wildman–Crippen LogP) is 0.697. The van der Waals surface area contributed by atoms with Gasteiger partial charge in [-0.25, -0.2) is 0 Å². The standard InChI is InChI=1S/C4H3NO2S/c6-3-1-2-7-4(8)5-3/h1-2H,(H,5,6,8). The van der Waals surface area contributed by atoms with Crippen molar-refractivity contribution in [1.82, 2.24) is 4.98 Å². The molecule has 4 heteroatoms. The molecule has 0 bridgehead atoms. The molecule has 0 amide bonds. The minimum Gasteiger partial charge on any atom is -0.439 e. The van der Waals surface area contributed by atoms with Gasteiger partial charge in [-0.2, -0.15) is 0 Å². The second-order valence-electron chi connectivity index (χ2n) is 1.20. The van der Waals surface area contributed by atoms with Crippen molar-refractivity contribution < 1.29 is 4.42 Å². The zero-order valence-electron chi connectivity index (χ0n) is 3.88. The van der Waals surface area contributed by atoms with Crippen LogP contribution < -0.4 is 5.56 Å². The molecule has 0 radical (unpaired) electrons. The van der Waals surface area contributed by atoms with Crippen LogP contribution >= 0.6 is 12.2 Å². The van der Waals surface area contributed by atoms with Gasteiger partial charge in [-0.1, -0.05) is 0 Å². The zero-order chi connectivity index (χ0) is 5.98. The second-order valence-corrected chi connectivity index (χ2v) is 1.57. The molecule has 8 heavy (non-hydrogen) atoms. The summed E-state index contributed by atoms with van der Waals surface area (Å²) in [5.74, 6) is 0. The van der Waals surface area contributed by atoms with Crippen molar-refractivity contribution in [1.29, 1.82) is 0 Å². The summed E-state index contributed by atoms with van der Waals surface area (Å²) < 4.78 is 4.57. The van der Waals surface area contributed by atoms with Crippen LogP contribution in [0.4, 0.5) is 0 Å². The molecule has 0 aliphatic carbocycles. The van der Waals surface area contributed by atoms with Gasteiger partial charge in [0.2, 0.25) is 0 Å². The van der Waals surface area contributed by atoms with Gasteiger partial charge in [-0.3, -0.25) is 9.78 Å². The molecule has 0 aromatic carbocycles. The van der Waals surface area contributed by atoms with E-state index in [-0.39, 0.29) is 10.4 Å². The SMILES string of the molecule is O=c1ccoc(=S)[nH]1. The first-order valence-corrected chi connectivity index (χ1v) is 2.38. The first-order valence-electron chi connectivity index (χ1n) is 1.97. The molecule has 42 valence electrons. The normalized spacial score (nSPS) is 9.00. The van der Waals surface area contributed by atoms with Crippen molar-refractivity contribution in [2.24, 2.45) is 0 Å². The highest BCUT2D eigenvalue weighted by molar-refractivity contribution is 7.71.